The lowest BCUT2D eigenvalue weighted by molar-refractivity contribution is 0.288. The Balaban J connectivity index is 3.00. The molecular formula is C21H43NO. The zero-order valence-electron chi connectivity index (χ0n) is 15.8. The topological polar surface area (TPSA) is 32.3 Å². The minimum atomic E-state index is 0.278. The van der Waals surface area contributed by atoms with Gasteiger partial charge in [-0.15, -0.1) is 0 Å². The van der Waals surface area contributed by atoms with Gasteiger partial charge >= 0.3 is 0 Å². The summed E-state index contributed by atoms with van der Waals surface area (Å²) >= 11 is 0. The van der Waals surface area contributed by atoms with E-state index < -0.39 is 0 Å². The predicted molar refractivity (Wildman–Crippen MR) is 104 cm³/mol. The number of hydrogen-bond donors (Lipinski definition) is 2. The van der Waals surface area contributed by atoms with Crippen molar-refractivity contribution in [3.8, 4) is 0 Å². The Morgan fingerprint density at radius 3 is 1.61 bits per heavy atom. The zero-order valence-corrected chi connectivity index (χ0v) is 15.8. The monoisotopic (exact) mass is 325 g/mol. The summed E-state index contributed by atoms with van der Waals surface area (Å²) in [6, 6.07) is 0. The quantitative estimate of drug-likeness (QED) is 0.271. The Hall–Kier alpha value is -0.500. The van der Waals surface area contributed by atoms with Crippen LogP contribution in [-0.4, -0.2) is 18.3 Å². The van der Waals surface area contributed by atoms with E-state index in [-0.39, 0.29) is 6.61 Å². The fourth-order valence-electron chi connectivity index (χ4n) is 2.89. The Morgan fingerprint density at radius 1 is 0.652 bits per heavy atom. The summed E-state index contributed by atoms with van der Waals surface area (Å²) < 4.78 is 0. The fraction of sp³-hybridized carbons (Fsp3) is 0.905. The summed E-state index contributed by atoms with van der Waals surface area (Å²) in [6.45, 7) is 3.44. The fourth-order valence-corrected chi connectivity index (χ4v) is 2.89. The van der Waals surface area contributed by atoms with Gasteiger partial charge in [-0.25, -0.2) is 0 Å². The highest BCUT2D eigenvalue weighted by molar-refractivity contribution is 4.78. The normalized spacial score (nSPS) is 11.4. The van der Waals surface area contributed by atoms with E-state index in [9.17, 15) is 0 Å². The molecule has 0 aliphatic heterocycles. The van der Waals surface area contributed by atoms with E-state index in [0.29, 0.717) is 0 Å². The van der Waals surface area contributed by atoms with Crippen LogP contribution in [0.3, 0.4) is 0 Å². The second-order valence-electron chi connectivity index (χ2n) is 6.82. The van der Waals surface area contributed by atoms with Crippen molar-refractivity contribution < 1.29 is 5.11 Å². The van der Waals surface area contributed by atoms with Gasteiger partial charge in [-0.3, -0.25) is 0 Å². The highest BCUT2D eigenvalue weighted by Gasteiger charge is 1.93. The molecule has 0 saturated heterocycles. The average Bonchev–Trinajstić information content (AvgIpc) is 2.57. The molecule has 0 atom stereocenters. The molecule has 138 valence electrons. The van der Waals surface area contributed by atoms with Crippen molar-refractivity contribution in [3.05, 3.63) is 12.3 Å². The zero-order chi connectivity index (χ0) is 16.8. The SMILES string of the molecule is CCCCCCCCCCCCCCCCC=CNCCCO. The van der Waals surface area contributed by atoms with Crippen molar-refractivity contribution >= 4 is 0 Å². The molecular weight excluding hydrogens is 282 g/mol. The van der Waals surface area contributed by atoms with E-state index in [1.807, 2.05) is 6.20 Å². The van der Waals surface area contributed by atoms with Gasteiger partial charge in [0.2, 0.25) is 0 Å². The molecule has 23 heavy (non-hydrogen) atoms. The molecule has 0 saturated carbocycles. The molecule has 2 N–H and O–H groups in total. The summed E-state index contributed by atoms with van der Waals surface area (Å²) in [5.74, 6) is 0. The van der Waals surface area contributed by atoms with Crippen LogP contribution in [0, 0.1) is 0 Å². The minimum Gasteiger partial charge on any atom is -0.396 e. The van der Waals surface area contributed by atoms with Crippen LogP contribution in [0.1, 0.15) is 110 Å². The Morgan fingerprint density at radius 2 is 1.13 bits per heavy atom. The molecule has 0 spiro atoms. The van der Waals surface area contributed by atoms with Crippen molar-refractivity contribution in [2.45, 2.75) is 110 Å². The van der Waals surface area contributed by atoms with E-state index in [1.54, 1.807) is 0 Å². The largest absolute Gasteiger partial charge is 0.396 e. The Bertz CT molecular complexity index is 228. The third-order valence-corrected chi connectivity index (χ3v) is 4.44. The van der Waals surface area contributed by atoms with Gasteiger partial charge in [0.25, 0.3) is 0 Å². The molecule has 0 rings (SSSR count). The van der Waals surface area contributed by atoms with Crippen LogP contribution in [0.4, 0.5) is 0 Å². The highest BCUT2D eigenvalue weighted by Crippen LogP contribution is 2.13. The maximum Gasteiger partial charge on any atom is 0.0447 e. The molecule has 0 radical (unpaired) electrons. The first-order valence-electron chi connectivity index (χ1n) is 10.4. The molecule has 0 aromatic heterocycles. The third kappa shape index (κ3) is 21.5. The Kier molecular flexibility index (Phi) is 21.0. The van der Waals surface area contributed by atoms with E-state index in [2.05, 4.69) is 18.3 Å². The Labute approximate surface area is 146 Å². The summed E-state index contributed by atoms with van der Waals surface area (Å²) in [4.78, 5) is 0. The van der Waals surface area contributed by atoms with Gasteiger partial charge in [0.1, 0.15) is 0 Å². The van der Waals surface area contributed by atoms with E-state index >= 15 is 0 Å². The first-order valence-corrected chi connectivity index (χ1v) is 10.4. The van der Waals surface area contributed by atoms with E-state index in [0.717, 1.165) is 13.0 Å². The van der Waals surface area contributed by atoms with Crippen LogP contribution in [0.25, 0.3) is 0 Å². The summed E-state index contributed by atoms with van der Waals surface area (Å²) in [7, 11) is 0. The van der Waals surface area contributed by atoms with Crippen molar-refractivity contribution in [3.63, 3.8) is 0 Å². The lowest BCUT2D eigenvalue weighted by atomic mass is 10.0. The first kappa shape index (κ1) is 22.5. The molecule has 0 bridgehead atoms. The van der Waals surface area contributed by atoms with Crippen LogP contribution < -0.4 is 5.32 Å². The van der Waals surface area contributed by atoms with Gasteiger partial charge in [-0.05, 0) is 25.5 Å². The highest BCUT2D eigenvalue weighted by atomic mass is 16.3. The van der Waals surface area contributed by atoms with Crippen molar-refractivity contribution in [2.24, 2.45) is 0 Å². The average molecular weight is 326 g/mol. The maximum atomic E-state index is 8.65. The van der Waals surface area contributed by atoms with Crippen molar-refractivity contribution in [1.82, 2.24) is 5.32 Å². The number of nitrogens with one attached hydrogen (secondary N) is 1. The molecule has 0 aliphatic rings. The van der Waals surface area contributed by atoms with Crippen LogP contribution in [0.15, 0.2) is 12.3 Å². The molecule has 0 aromatic rings. The van der Waals surface area contributed by atoms with Gasteiger partial charge in [0, 0.05) is 13.2 Å². The van der Waals surface area contributed by atoms with Gasteiger partial charge in [-0.1, -0.05) is 96.5 Å². The lowest BCUT2D eigenvalue weighted by Gasteiger charge is -2.03. The molecule has 0 fully saturated rings. The number of rotatable bonds is 19. The van der Waals surface area contributed by atoms with Crippen LogP contribution in [0.5, 0.6) is 0 Å². The van der Waals surface area contributed by atoms with Crippen LogP contribution in [0.2, 0.25) is 0 Å². The third-order valence-electron chi connectivity index (χ3n) is 4.44. The summed E-state index contributed by atoms with van der Waals surface area (Å²) in [5.41, 5.74) is 0. The number of hydrogen-bond acceptors (Lipinski definition) is 2. The second-order valence-corrected chi connectivity index (χ2v) is 6.82. The molecule has 0 aromatic carbocycles. The number of aliphatic hydroxyl groups is 1. The van der Waals surface area contributed by atoms with Gasteiger partial charge in [-0.2, -0.15) is 0 Å². The molecule has 0 unspecified atom stereocenters. The van der Waals surface area contributed by atoms with Gasteiger partial charge in [0.15, 0.2) is 0 Å². The molecule has 0 aliphatic carbocycles. The van der Waals surface area contributed by atoms with Gasteiger partial charge in [0.05, 0.1) is 0 Å². The van der Waals surface area contributed by atoms with Gasteiger partial charge < -0.3 is 10.4 Å². The smallest absolute Gasteiger partial charge is 0.0447 e. The molecule has 0 heterocycles. The standard InChI is InChI=1S/C21H43NO/c1-2-3-4-5-6-7-8-9-10-11-12-13-14-15-16-17-19-22-20-18-21-23/h17,19,22-23H,2-16,18,20-21H2,1H3. The maximum absolute atomic E-state index is 8.65. The van der Waals surface area contributed by atoms with Crippen LogP contribution in [-0.2, 0) is 0 Å². The van der Waals surface area contributed by atoms with E-state index in [1.165, 1.54) is 96.3 Å². The summed E-state index contributed by atoms with van der Waals surface area (Å²) in [5, 5.41) is 11.8. The van der Waals surface area contributed by atoms with E-state index in [4.69, 9.17) is 5.11 Å². The predicted octanol–water partition coefficient (Wildman–Crippen LogP) is 6.34. The number of aliphatic hydroxyl groups excluding tert-OH is 1. The second kappa shape index (κ2) is 21.5. The first-order chi connectivity index (χ1) is 11.4. The van der Waals surface area contributed by atoms with Crippen LogP contribution >= 0.6 is 0 Å². The molecule has 2 nitrogen and oxygen atoms in total. The molecule has 0 amide bonds. The lowest BCUT2D eigenvalue weighted by Crippen LogP contribution is -2.07. The number of allylic oxidation sites excluding steroid dienone is 1. The molecule has 2 heteroatoms. The summed E-state index contributed by atoms with van der Waals surface area (Å²) in [6.07, 6.45) is 26.2. The minimum absolute atomic E-state index is 0.278. The van der Waals surface area contributed by atoms with Crippen molar-refractivity contribution in [1.29, 1.82) is 0 Å². The number of unbranched alkanes of at least 4 members (excludes halogenated alkanes) is 14. The van der Waals surface area contributed by atoms with Crippen molar-refractivity contribution in [2.75, 3.05) is 13.2 Å².